The fourth-order valence-electron chi connectivity index (χ4n) is 3.51. The molecule has 5 nitrogen and oxygen atoms in total. The lowest BCUT2D eigenvalue weighted by atomic mass is 9.97. The van der Waals surface area contributed by atoms with Crippen LogP contribution in [0.25, 0.3) is 0 Å². The van der Waals surface area contributed by atoms with Crippen LogP contribution in [0.5, 0.6) is 0 Å². The van der Waals surface area contributed by atoms with Crippen molar-refractivity contribution in [2.24, 2.45) is 0 Å². The average molecular weight is 576 g/mol. The number of rotatable bonds is 13. The highest BCUT2D eigenvalue weighted by atomic mass is 32.2. The van der Waals surface area contributed by atoms with Gasteiger partial charge >= 0.3 is 24.0 Å². The number of nitrogens with one attached hydrogen (secondary N) is 1. The number of alkyl halides is 7. The van der Waals surface area contributed by atoms with Crippen molar-refractivity contribution in [3.8, 4) is 0 Å². The first-order chi connectivity index (χ1) is 17.5. The van der Waals surface area contributed by atoms with E-state index in [0.29, 0.717) is 12.8 Å². The molecule has 14 heteroatoms. The van der Waals surface area contributed by atoms with Crippen LogP contribution in [0.4, 0.5) is 35.1 Å². The Balaban J connectivity index is 2.23. The number of halogens is 8. The highest BCUT2D eigenvalue weighted by Crippen LogP contribution is 2.48. The lowest BCUT2D eigenvalue weighted by molar-refractivity contribution is -0.355. The molecule has 0 heterocycles. The molecule has 0 radical (unpaired) electrons. The van der Waals surface area contributed by atoms with E-state index in [1.165, 1.54) is 19.2 Å². The SMILES string of the molecule is COC(=O)CCCc1ccc(C(CCCC(F)(F)C(F)(F)C(F)(F)F)NS(=O)(=O)c2ccc(F)cc2)cc1. The number of benzene rings is 2. The Morgan fingerprint density at radius 2 is 1.50 bits per heavy atom. The van der Waals surface area contributed by atoms with E-state index >= 15 is 0 Å². The second-order valence-corrected chi connectivity index (χ2v) is 10.2. The van der Waals surface area contributed by atoms with Crippen LogP contribution in [0.2, 0.25) is 0 Å². The van der Waals surface area contributed by atoms with Crippen LogP contribution in [0, 0.1) is 5.82 Å². The van der Waals surface area contributed by atoms with Gasteiger partial charge in [-0.3, -0.25) is 4.79 Å². The van der Waals surface area contributed by atoms with Gasteiger partial charge in [-0.15, -0.1) is 0 Å². The summed E-state index contributed by atoms with van der Waals surface area (Å²) in [6, 6.07) is 8.34. The van der Waals surface area contributed by atoms with E-state index in [9.17, 15) is 48.3 Å². The number of aryl methyl sites for hydroxylation is 1. The molecular weight excluding hydrogens is 550 g/mol. The number of methoxy groups -OCH3 is 1. The summed E-state index contributed by atoms with van der Waals surface area (Å²) in [4.78, 5) is 10.9. The molecule has 2 aromatic carbocycles. The third kappa shape index (κ3) is 8.13. The van der Waals surface area contributed by atoms with E-state index < -0.39 is 65.1 Å². The van der Waals surface area contributed by atoms with Gasteiger partial charge < -0.3 is 4.74 Å². The van der Waals surface area contributed by atoms with Gasteiger partial charge in [-0.25, -0.2) is 17.5 Å². The summed E-state index contributed by atoms with van der Waals surface area (Å²) < 4.78 is 137. The summed E-state index contributed by atoms with van der Waals surface area (Å²) in [6.45, 7) is 0. The zero-order valence-corrected chi connectivity index (χ0v) is 20.8. The summed E-state index contributed by atoms with van der Waals surface area (Å²) in [5.41, 5.74) is 0.951. The van der Waals surface area contributed by atoms with E-state index in [-0.39, 0.29) is 16.9 Å². The lowest BCUT2D eigenvalue weighted by Gasteiger charge is -2.28. The molecule has 38 heavy (non-hydrogen) atoms. The minimum atomic E-state index is -6.47. The molecule has 1 N–H and O–H groups in total. The van der Waals surface area contributed by atoms with Crippen molar-refractivity contribution in [3.63, 3.8) is 0 Å². The number of ether oxygens (including phenoxy) is 1. The summed E-state index contributed by atoms with van der Waals surface area (Å²) in [5.74, 6) is -12.8. The van der Waals surface area contributed by atoms with Gasteiger partial charge in [0.2, 0.25) is 10.0 Å². The predicted molar refractivity (Wildman–Crippen MR) is 121 cm³/mol. The Morgan fingerprint density at radius 3 is 2.03 bits per heavy atom. The highest BCUT2D eigenvalue weighted by molar-refractivity contribution is 7.89. The van der Waals surface area contributed by atoms with E-state index in [2.05, 4.69) is 9.46 Å². The number of carbonyl (C=O) groups excluding carboxylic acids is 1. The van der Waals surface area contributed by atoms with Crippen molar-refractivity contribution in [1.29, 1.82) is 0 Å². The highest BCUT2D eigenvalue weighted by Gasteiger charge is 2.72. The first-order valence-electron chi connectivity index (χ1n) is 11.3. The predicted octanol–water partition coefficient (Wildman–Crippen LogP) is 6.34. The summed E-state index contributed by atoms with van der Waals surface area (Å²) in [5, 5.41) is 0. The van der Waals surface area contributed by atoms with Gasteiger partial charge in [-0.2, -0.15) is 30.7 Å². The van der Waals surface area contributed by atoms with Crippen LogP contribution in [0.3, 0.4) is 0 Å². The van der Waals surface area contributed by atoms with Gasteiger partial charge in [0.15, 0.2) is 0 Å². The molecule has 0 aliphatic carbocycles. The van der Waals surface area contributed by atoms with E-state index in [4.69, 9.17) is 0 Å². The molecule has 212 valence electrons. The van der Waals surface area contributed by atoms with Gasteiger partial charge in [-0.1, -0.05) is 24.3 Å². The molecular formula is C24H25F8NO4S. The quantitative estimate of drug-likeness (QED) is 0.223. The van der Waals surface area contributed by atoms with Crippen LogP contribution in [0.1, 0.15) is 49.3 Å². The number of hydrogen-bond acceptors (Lipinski definition) is 4. The van der Waals surface area contributed by atoms with Gasteiger partial charge in [0, 0.05) is 18.9 Å². The molecule has 2 rings (SSSR count). The van der Waals surface area contributed by atoms with Crippen LogP contribution in [-0.4, -0.2) is 39.5 Å². The van der Waals surface area contributed by atoms with Crippen molar-refractivity contribution in [1.82, 2.24) is 4.72 Å². The molecule has 0 amide bonds. The maximum atomic E-state index is 13.8. The molecule has 0 aliphatic heterocycles. The molecule has 0 aromatic heterocycles. The second kappa shape index (κ2) is 12.4. The zero-order valence-electron chi connectivity index (χ0n) is 20.0. The lowest BCUT2D eigenvalue weighted by Crippen LogP contribution is -2.51. The normalized spacial score (nSPS) is 13.8. The number of hydrogen-bond donors (Lipinski definition) is 1. The molecule has 0 aliphatic rings. The zero-order chi connectivity index (χ0) is 28.8. The van der Waals surface area contributed by atoms with Gasteiger partial charge in [0.1, 0.15) is 5.82 Å². The Kier molecular flexibility index (Phi) is 10.3. The fraction of sp³-hybridized carbons (Fsp3) is 0.458. The first kappa shape index (κ1) is 31.5. The van der Waals surface area contributed by atoms with Gasteiger partial charge in [-0.05, 0) is 61.1 Å². The van der Waals surface area contributed by atoms with Gasteiger partial charge in [0.05, 0.1) is 12.0 Å². The number of sulfonamides is 1. The largest absolute Gasteiger partial charge is 0.469 e. The fourth-order valence-corrected chi connectivity index (χ4v) is 4.77. The van der Waals surface area contributed by atoms with E-state index in [0.717, 1.165) is 29.8 Å². The molecule has 0 fully saturated rings. The smallest absolute Gasteiger partial charge is 0.459 e. The molecule has 0 spiro atoms. The maximum absolute atomic E-state index is 13.8. The topological polar surface area (TPSA) is 72.5 Å². The Bertz CT molecular complexity index is 1170. The first-order valence-corrected chi connectivity index (χ1v) is 12.7. The minimum Gasteiger partial charge on any atom is -0.469 e. The molecule has 0 bridgehead atoms. The average Bonchev–Trinajstić information content (AvgIpc) is 2.83. The van der Waals surface area contributed by atoms with Crippen molar-refractivity contribution in [3.05, 3.63) is 65.5 Å². The van der Waals surface area contributed by atoms with Crippen LogP contribution in [0.15, 0.2) is 53.4 Å². The third-order valence-electron chi connectivity index (χ3n) is 5.68. The molecule has 1 unspecified atom stereocenters. The van der Waals surface area contributed by atoms with Crippen LogP contribution < -0.4 is 4.72 Å². The monoisotopic (exact) mass is 575 g/mol. The second-order valence-electron chi connectivity index (χ2n) is 8.47. The van der Waals surface area contributed by atoms with Crippen molar-refractivity contribution >= 4 is 16.0 Å². The molecule has 0 saturated carbocycles. The van der Waals surface area contributed by atoms with E-state index in [1.54, 1.807) is 12.1 Å². The minimum absolute atomic E-state index is 0.148. The van der Waals surface area contributed by atoms with Crippen molar-refractivity contribution in [2.45, 2.75) is 67.5 Å². The summed E-state index contributed by atoms with van der Waals surface area (Å²) in [6.07, 6.45) is -8.74. The third-order valence-corrected chi connectivity index (χ3v) is 7.16. The Morgan fingerprint density at radius 1 is 0.921 bits per heavy atom. The van der Waals surface area contributed by atoms with Crippen LogP contribution >= 0.6 is 0 Å². The Labute approximate surface area is 214 Å². The molecule has 1 atom stereocenters. The standard InChI is InChI=1S/C24H25F8NO4S/c1-37-21(34)6-2-4-16-7-9-17(10-8-16)20(33-38(35,36)19-13-11-18(25)12-14-19)5-3-15-22(26,27)23(28,29)24(30,31)32/h7-14,20,33H,2-6,15H2,1H3. The summed E-state index contributed by atoms with van der Waals surface area (Å²) >= 11 is 0. The van der Waals surface area contributed by atoms with Gasteiger partial charge in [0.25, 0.3) is 0 Å². The maximum Gasteiger partial charge on any atom is 0.459 e. The van der Waals surface area contributed by atoms with E-state index in [1.807, 2.05) is 0 Å². The van der Waals surface area contributed by atoms with Crippen molar-refractivity contribution < 1.29 is 53.1 Å². The van der Waals surface area contributed by atoms with Crippen LogP contribution in [-0.2, 0) is 26.0 Å². The summed E-state index contributed by atoms with van der Waals surface area (Å²) in [7, 11) is -3.12. The molecule has 0 saturated heterocycles. The van der Waals surface area contributed by atoms with Crippen molar-refractivity contribution in [2.75, 3.05) is 7.11 Å². The Hall–Kier alpha value is -2.74. The number of esters is 1. The molecule has 2 aromatic rings. The number of carbonyl (C=O) groups is 1.